The second kappa shape index (κ2) is 5.50. The Bertz CT molecular complexity index is 266. The molecule has 0 aromatic carbocycles. The number of nitrogens with zero attached hydrogens (tertiary/aromatic N) is 1. The average molecular weight is 252 g/mol. The van der Waals surface area contributed by atoms with E-state index in [1.807, 2.05) is 0 Å². The van der Waals surface area contributed by atoms with Gasteiger partial charge in [-0.15, -0.1) is 0 Å². The van der Waals surface area contributed by atoms with Crippen molar-refractivity contribution in [2.45, 2.75) is 53.0 Å². The zero-order valence-electron chi connectivity index (χ0n) is 13.0. The Morgan fingerprint density at radius 2 is 1.83 bits per heavy atom. The van der Waals surface area contributed by atoms with Crippen molar-refractivity contribution >= 4 is 0 Å². The number of rotatable bonds is 4. The molecule has 0 radical (unpaired) electrons. The molecule has 3 unspecified atom stereocenters. The molecular weight excluding hydrogens is 220 g/mol. The SMILES string of the molecule is CC(C)C1CNC1CC(C)C1(C)CCN(C)CC1. The Morgan fingerprint density at radius 1 is 1.22 bits per heavy atom. The van der Waals surface area contributed by atoms with Crippen LogP contribution in [0.15, 0.2) is 0 Å². The highest BCUT2D eigenvalue weighted by atomic mass is 15.1. The lowest BCUT2D eigenvalue weighted by Crippen LogP contribution is -2.56. The van der Waals surface area contributed by atoms with Gasteiger partial charge in [0, 0.05) is 6.04 Å². The highest BCUT2D eigenvalue weighted by Gasteiger charge is 2.39. The third kappa shape index (κ3) is 2.91. The monoisotopic (exact) mass is 252 g/mol. The van der Waals surface area contributed by atoms with Gasteiger partial charge < -0.3 is 10.2 Å². The van der Waals surface area contributed by atoms with Gasteiger partial charge in [0.05, 0.1) is 0 Å². The highest BCUT2D eigenvalue weighted by Crippen LogP contribution is 2.42. The summed E-state index contributed by atoms with van der Waals surface area (Å²) in [4.78, 5) is 2.48. The van der Waals surface area contributed by atoms with E-state index in [4.69, 9.17) is 0 Å². The van der Waals surface area contributed by atoms with Crippen LogP contribution in [0.3, 0.4) is 0 Å². The van der Waals surface area contributed by atoms with E-state index >= 15 is 0 Å². The number of hydrogen-bond acceptors (Lipinski definition) is 2. The molecule has 0 bridgehead atoms. The Labute approximate surface area is 114 Å². The van der Waals surface area contributed by atoms with E-state index in [0.29, 0.717) is 5.41 Å². The van der Waals surface area contributed by atoms with E-state index in [2.05, 4.69) is 45.0 Å². The minimum Gasteiger partial charge on any atom is -0.313 e. The van der Waals surface area contributed by atoms with Crippen molar-refractivity contribution in [3.63, 3.8) is 0 Å². The Hall–Kier alpha value is -0.0800. The van der Waals surface area contributed by atoms with Gasteiger partial charge in [-0.3, -0.25) is 0 Å². The first-order chi connectivity index (χ1) is 8.42. The van der Waals surface area contributed by atoms with Gasteiger partial charge in [-0.1, -0.05) is 27.7 Å². The van der Waals surface area contributed by atoms with Crippen LogP contribution in [-0.4, -0.2) is 37.6 Å². The van der Waals surface area contributed by atoms with Gasteiger partial charge in [0.2, 0.25) is 0 Å². The van der Waals surface area contributed by atoms with Gasteiger partial charge in [-0.25, -0.2) is 0 Å². The standard InChI is InChI=1S/C16H32N2/c1-12(2)14-11-17-15(14)10-13(3)16(4)6-8-18(5)9-7-16/h12-15,17H,6-11H2,1-5H3. The fraction of sp³-hybridized carbons (Fsp3) is 1.00. The smallest absolute Gasteiger partial charge is 0.0113 e. The van der Waals surface area contributed by atoms with E-state index in [9.17, 15) is 0 Å². The topological polar surface area (TPSA) is 15.3 Å². The molecule has 2 saturated heterocycles. The van der Waals surface area contributed by atoms with Gasteiger partial charge in [-0.2, -0.15) is 0 Å². The summed E-state index contributed by atoms with van der Waals surface area (Å²) in [5.74, 6) is 2.61. The van der Waals surface area contributed by atoms with Crippen molar-refractivity contribution in [2.75, 3.05) is 26.7 Å². The van der Waals surface area contributed by atoms with Gasteiger partial charge in [0.1, 0.15) is 0 Å². The molecule has 0 saturated carbocycles. The summed E-state index contributed by atoms with van der Waals surface area (Å²) in [7, 11) is 2.26. The molecule has 2 rings (SSSR count). The van der Waals surface area contributed by atoms with Crippen LogP contribution in [0, 0.1) is 23.2 Å². The third-order valence-corrected chi connectivity index (χ3v) is 5.92. The third-order valence-electron chi connectivity index (χ3n) is 5.92. The maximum atomic E-state index is 3.66. The zero-order valence-corrected chi connectivity index (χ0v) is 13.0. The van der Waals surface area contributed by atoms with Crippen molar-refractivity contribution in [3.8, 4) is 0 Å². The van der Waals surface area contributed by atoms with Crippen LogP contribution in [0.1, 0.15) is 47.0 Å². The van der Waals surface area contributed by atoms with Crippen molar-refractivity contribution in [2.24, 2.45) is 23.2 Å². The Kier molecular flexibility index (Phi) is 4.38. The maximum Gasteiger partial charge on any atom is 0.0113 e. The van der Waals surface area contributed by atoms with Crippen LogP contribution in [0.2, 0.25) is 0 Å². The highest BCUT2D eigenvalue weighted by molar-refractivity contribution is 4.94. The van der Waals surface area contributed by atoms with E-state index < -0.39 is 0 Å². The Balaban J connectivity index is 1.86. The summed E-state index contributed by atoms with van der Waals surface area (Å²) in [5.41, 5.74) is 0.575. The molecule has 2 fully saturated rings. The molecular formula is C16H32N2. The average Bonchev–Trinajstić information content (AvgIpc) is 2.27. The first-order valence-corrected chi connectivity index (χ1v) is 7.84. The van der Waals surface area contributed by atoms with E-state index in [1.165, 1.54) is 38.9 Å². The van der Waals surface area contributed by atoms with Crippen LogP contribution in [0.4, 0.5) is 0 Å². The van der Waals surface area contributed by atoms with Crippen LogP contribution in [-0.2, 0) is 0 Å². The van der Waals surface area contributed by atoms with Gasteiger partial charge in [-0.05, 0) is 69.1 Å². The van der Waals surface area contributed by atoms with Gasteiger partial charge in [0.15, 0.2) is 0 Å². The molecule has 1 N–H and O–H groups in total. The number of piperidine rings is 1. The lowest BCUT2D eigenvalue weighted by molar-refractivity contribution is 0.0518. The normalized spacial score (nSPS) is 34.3. The van der Waals surface area contributed by atoms with Crippen LogP contribution >= 0.6 is 0 Å². The van der Waals surface area contributed by atoms with Crippen molar-refractivity contribution in [3.05, 3.63) is 0 Å². The molecule has 0 aromatic rings. The van der Waals surface area contributed by atoms with Crippen molar-refractivity contribution in [1.29, 1.82) is 0 Å². The maximum absolute atomic E-state index is 3.66. The second-order valence-corrected chi connectivity index (χ2v) is 7.52. The van der Waals surface area contributed by atoms with Crippen molar-refractivity contribution < 1.29 is 0 Å². The van der Waals surface area contributed by atoms with Gasteiger partial charge in [0.25, 0.3) is 0 Å². The van der Waals surface area contributed by atoms with E-state index in [0.717, 1.165) is 23.8 Å². The summed E-state index contributed by atoms with van der Waals surface area (Å²) in [6.45, 7) is 13.6. The van der Waals surface area contributed by atoms with E-state index in [1.54, 1.807) is 0 Å². The molecule has 106 valence electrons. The summed E-state index contributed by atoms with van der Waals surface area (Å²) < 4.78 is 0. The molecule has 0 spiro atoms. The summed E-state index contributed by atoms with van der Waals surface area (Å²) in [6.07, 6.45) is 4.14. The lowest BCUT2D eigenvalue weighted by Gasteiger charge is -2.47. The molecule has 0 aliphatic carbocycles. The molecule has 0 amide bonds. The molecule has 2 aliphatic heterocycles. The van der Waals surface area contributed by atoms with Gasteiger partial charge >= 0.3 is 0 Å². The fourth-order valence-electron chi connectivity index (χ4n) is 3.67. The number of likely N-dealkylation sites (tertiary alicyclic amines) is 1. The van der Waals surface area contributed by atoms with Crippen LogP contribution in [0.25, 0.3) is 0 Å². The van der Waals surface area contributed by atoms with E-state index in [-0.39, 0.29) is 0 Å². The summed E-state index contributed by atoms with van der Waals surface area (Å²) in [6, 6.07) is 0.788. The largest absolute Gasteiger partial charge is 0.313 e. The number of nitrogens with one attached hydrogen (secondary N) is 1. The molecule has 3 atom stereocenters. The number of hydrogen-bond donors (Lipinski definition) is 1. The molecule has 2 heteroatoms. The molecule has 2 heterocycles. The molecule has 2 aliphatic rings. The first kappa shape index (κ1) is 14.3. The van der Waals surface area contributed by atoms with Crippen LogP contribution in [0.5, 0.6) is 0 Å². The predicted octanol–water partition coefficient (Wildman–Crippen LogP) is 2.99. The molecule has 0 aromatic heterocycles. The summed E-state index contributed by atoms with van der Waals surface area (Å²) >= 11 is 0. The molecule has 2 nitrogen and oxygen atoms in total. The quantitative estimate of drug-likeness (QED) is 0.827. The minimum absolute atomic E-state index is 0.575. The predicted molar refractivity (Wildman–Crippen MR) is 78.7 cm³/mol. The molecule has 18 heavy (non-hydrogen) atoms. The van der Waals surface area contributed by atoms with Crippen LogP contribution < -0.4 is 5.32 Å². The first-order valence-electron chi connectivity index (χ1n) is 7.84. The minimum atomic E-state index is 0.575. The lowest BCUT2D eigenvalue weighted by atomic mass is 9.66. The Morgan fingerprint density at radius 3 is 2.28 bits per heavy atom. The van der Waals surface area contributed by atoms with Crippen molar-refractivity contribution in [1.82, 2.24) is 10.2 Å². The fourth-order valence-corrected chi connectivity index (χ4v) is 3.67. The summed E-state index contributed by atoms with van der Waals surface area (Å²) in [5, 5.41) is 3.66. The second-order valence-electron chi connectivity index (χ2n) is 7.52. The zero-order chi connectivity index (χ0) is 13.3.